The molecular weight excluding hydrogens is 230 g/mol. The van der Waals surface area contributed by atoms with E-state index < -0.39 is 0 Å². The molecule has 18 heavy (non-hydrogen) atoms. The lowest BCUT2D eigenvalue weighted by atomic mass is 10.3. The summed E-state index contributed by atoms with van der Waals surface area (Å²) in [7, 11) is 0. The van der Waals surface area contributed by atoms with Crippen molar-refractivity contribution in [3.63, 3.8) is 0 Å². The number of carbonyl (C=O) groups excluding carboxylic acids is 1. The van der Waals surface area contributed by atoms with Crippen molar-refractivity contribution >= 4 is 22.8 Å². The topological polar surface area (TPSA) is 75.6 Å². The Balaban J connectivity index is 1.78. The molecule has 2 aromatic heterocycles. The predicted molar refractivity (Wildman–Crippen MR) is 67.0 cm³/mol. The predicted octanol–water partition coefficient (Wildman–Crippen LogP) is 1.40. The largest absolute Gasteiger partial charge is 0.321 e. The third-order valence-corrected chi connectivity index (χ3v) is 2.62. The number of fused-ring (bicyclic) bond motifs is 1. The van der Waals surface area contributed by atoms with Crippen LogP contribution in [0.4, 0.5) is 5.82 Å². The van der Waals surface area contributed by atoms with Gasteiger partial charge in [0.1, 0.15) is 12.4 Å². The first kappa shape index (κ1) is 10.5. The van der Waals surface area contributed by atoms with Crippen LogP contribution in [0.15, 0.2) is 42.9 Å². The monoisotopic (exact) mass is 241 g/mol. The summed E-state index contributed by atoms with van der Waals surface area (Å²) < 4.78 is 1.81. The number of nitrogens with one attached hydrogen (secondary N) is 2. The molecule has 0 radical (unpaired) electrons. The van der Waals surface area contributed by atoms with E-state index in [2.05, 4.69) is 20.5 Å². The molecule has 0 atom stereocenters. The van der Waals surface area contributed by atoms with E-state index in [1.54, 1.807) is 23.2 Å². The highest BCUT2D eigenvalue weighted by molar-refractivity contribution is 5.90. The number of hydrogen-bond donors (Lipinski definition) is 2. The van der Waals surface area contributed by atoms with E-state index >= 15 is 0 Å². The second-order valence-electron chi connectivity index (χ2n) is 3.88. The van der Waals surface area contributed by atoms with Crippen molar-refractivity contribution in [2.24, 2.45) is 0 Å². The van der Waals surface area contributed by atoms with E-state index in [0.29, 0.717) is 5.82 Å². The molecule has 0 aliphatic carbocycles. The van der Waals surface area contributed by atoms with Crippen LogP contribution in [-0.4, -0.2) is 25.7 Å². The minimum Gasteiger partial charge on any atom is -0.321 e. The summed E-state index contributed by atoms with van der Waals surface area (Å²) in [5.74, 6) is 0.465. The van der Waals surface area contributed by atoms with Gasteiger partial charge in [0.15, 0.2) is 0 Å². The lowest BCUT2D eigenvalue weighted by molar-refractivity contribution is -0.116. The number of carbonyl (C=O) groups is 1. The normalized spacial score (nSPS) is 10.7. The number of benzene rings is 1. The first-order chi connectivity index (χ1) is 8.83. The first-order valence-electron chi connectivity index (χ1n) is 5.52. The number of rotatable bonds is 3. The Morgan fingerprint density at radius 1 is 1.33 bits per heavy atom. The van der Waals surface area contributed by atoms with Crippen LogP contribution in [0.2, 0.25) is 0 Å². The number of amides is 1. The second-order valence-corrected chi connectivity index (χ2v) is 3.88. The molecular formula is C12H11N5O. The van der Waals surface area contributed by atoms with Gasteiger partial charge in [-0.05, 0) is 12.1 Å². The molecule has 6 nitrogen and oxygen atoms in total. The van der Waals surface area contributed by atoms with Gasteiger partial charge in [-0.15, -0.1) is 0 Å². The Bertz CT molecular complexity index is 671. The van der Waals surface area contributed by atoms with Crippen LogP contribution in [0.25, 0.3) is 11.0 Å². The molecule has 3 aromatic rings. The first-order valence-corrected chi connectivity index (χ1v) is 5.52. The van der Waals surface area contributed by atoms with Crippen molar-refractivity contribution in [2.45, 2.75) is 6.54 Å². The molecule has 0 unspecified atom stereocenters. The van der Waals surface area contributed by atoms with Crippen LogP contribution in [0.3, 0.4) is 0 Å². The molecule has 1 amide bonds. The molecule has 90 valence electrons. The van der Waals surface area contributed by atoms with Crippen molar-refractivity contribution in [1.29, 1.82) is 0 Å². The average Bonchev–Trinajstić information content (AvgIpc) is 3.00. The third-order valence-electron chi connectivity index (χ3n) is 2.62. The van der Waals surface area contributed by atoms with Crippen molar-refractivity contribution in [1.82, 2.24) is 19.7 Å². The van der Waals surface area contributed by atoms with Gasteiger partial charge in [-0.2, -0.15) is 5.10 Å². The maximum Gasteiger partial charge on any atom is 0.245 e. The van der Waals surface area contributed by atoms with Gasteiger partial charge in [0.2, 0.25) is 5.91 Å². The number of para-hydroxylation sites is 2. The fourth-order valence-electron chi connectivity index (χ4n) is 1.81. The van der Waals surface area contributed by atoms with Crippen molar-refractivity contribution < 1.29 is 4.79 Å². The second kappa shape index (κ2) is 4.33. The highest BCUT2D eigenvalue weighted by Gasteiger charge is 2.07. The fraction of sp³-hybridized carbons (Fsp3) is 0.0833. The Morgan fingerprint density at radius 2 is 2.22 bits per heavy atom. The Labute approximate surface area is 103 Å². The molecule has 6 heteroatoms. The van der Waals surface area contributed by atoms with Crippen LogP contribution in [-0.2, 0) is 11.3 Å². The number of H-pyrrole nitrogens is 1. The summed E-state index contributed by atoms with van der Waals surface area (Å²) in [5, 5.41) is 9.16. The van der Waals surface area contributed by atoms with Crippen molar-refractivity contribution in [3.8, 4) is 0 Å². The van der Waals surface area contributed by atoms with E-state index in [9.17, 15) is 4.79 Å². The highest BCUT2D eigenvalue weighted by Crippen LogP contribution is 2.11. The number of imidazole rings is 1. The molecule has 0 bridgehead atoms. The Morgan fingerprint density at radius 3 is 3.06 bits per heavy atom. The quantitative estimate of drug-likeness (QED) is 0.727. The van der Waals surface area contributed by atoms with Gasteiger partial charge >= 0.3 is 0 Å². The Hall–Kier alpha value is -2.63. The van der Waals surface area contributed by atoms with Gasteiger partial charge in [0, 0.05) is 6.07 Å². The van der Waals surface area contributed by atoms with Crippen molar-refractivity contribution in [2.75, 3.05) is 5.32 Å². The molecule has 0 aliphatic heterocycles. The number of aromatic amines is 1. The molecule has 0 saturated heterocycles. The maximum absolute atomic E-state index is 11.8. The van der Waals surface area contributed by atoms with E-state index in [4.69, 9.17) is 0 Å². The lowest BCUT2D eigenvalue weighted by Gasteiger charge is -2.04. The zero-order valence-electron chi connectivity index (χ0n) is 9.50. The average molecular weight is 241 g/mol. The number of anilines is 1. The molecule has 3 rings (SSSR count). The van der Waals surface area contributed by atoms with Crippen LogP contribution in [0.1, 0.15) is 0 Å². The van der Waals surface area contributed by atoms with Crippen molar-refractivity contribution in [3.05, 3.63) is 42.9 Å². The molecule has 1 aromatic carbocycles. The molecule has 0 spiro atoms. The van der Waals surface area contributed by atoms with Gasteiger partial charge in [-0.1, -0.05) is 12.1 Å². The van der Waals surface area contributed by atoms with Gasteiger partial charge in [0.25, 0.3) is 0 Å². The zero-order chi connectivity index (χ0) is 12.4. The van der Waals surface area contributed by atoms with Crippen LogP contribution in [0, 0.1) is 0 Å². The van der Waals surface area contributed by atoms with Crippen LogP contribution in [0.5, 0.6) is 0 Å². The number of hydrogen-bond acceptors (Lipinski definition) is 3. The summed E-state index contributed by atoms with van der Waals surface area (Å²) in [6.07, 6.45) is 3.25. The summed E-state index contributed by atoms with van der Waals surface area (Å²) >= 11 is 0. The SMILES string of the molecule is O=C(Cn1cnc2ccccc21)Nc1ccn[nH]1. The lowest BCUT2D eigenvalue weighted by Crippen LogP contribution is -2.18. The summed E-state index contributed by atoms with van der Waals surface area (Å²) in [4.78, 5) is 16.0. The van der Waals surface area contributed by atoms with Gasteiger partial charge in [-0.3, -0.25) is 9.89 Å². The number of nitrogens with zero attached hydrogens (tertiary/aromatic N) is 3. The minimum absolute atomic E-state index is 0.123. The van der Waals surface area contributed by atoms with Crippen LogP contribution >= 0.6 is 0 Å². The maximum atomic E-state index is 11.8. The van der Waals surface area contributed by atoms with E-state index in [1.807, 2.05) is 24.3 Å². The molecule has 2 heterocycles. The fourth-order valence-corrected chi connectivity index (χ4v) is 1.81. The minimum atomic E-state index is -0.123. The zero-order valence-corrected chi connectivity index (χ0v) is 9.50. The summed E-state index contributed by atoms with van der Waals surface area (Å²) in [5.41, 5.74) is 1.82. The highest BCUT2D eigenvalue weighted by atomic mass is 16.2. The van der Waals surface area contributed by atoms with Crippen LogP contribution < -0.4 is 5.32 Å². The van der Waals surface area contributed by atoms with E-state index in [-0.39, 0.29) is 12.5 Å². The smallest absolute Gasteiger partial charge is 0.245 e. The van der Waals surface area contributed by atoms with Gasteiger partial charge in [-0.25, -0.2) is 4.98 Å². The molecule has 0 saturated carbocycles. The standard InChI is InChI=1S/C12H11N5O/c18-12(15-11-5-6-14-16-11)7-17-8-13-9-3-1-2-4-10(9)17/h1-6,8H,7H2,(H2,14,15,16,18). The number of aromatic nitrogens is 4. The van der Waals surface area contributed by atoms with E-state index in [0.717, 1.165) is 11.0 Å². The molecule has 0 aliphatic rings. The Kier molecular flexibility index (Phi) is 2.53. The van der Waals surface area contributed by atoms with Gasteiger partial charge < -0.3 is 9.88 Å². The summed E-state index contributed by atoms with van der Waals surface area (Å²) in [6.45, 7) is 0.222. The summed E-state index contributed by atoms with van der Waals surface area (Å²) in [6, 6.07) is 9.39. The molecule has 0 fully saturated rings. The molecule has 2 N–H and O–H groups in total. The third kappa shape index (κ3) is 1.95. The van der Waals surface area contributed by atoms with Gasteiger partial charge in [0.05, 0.1) is 23.6 Å². The van der Waals surface area contributed by atoms with E-state index in [1.165, 1.54) is 0 Å².